The molecule has 21 heavy (non-hydrogen) atoms. The van der Waals surface area contributed by atoms with Crippen molar-refractivity contribution < 1.29 is 4.79 Å². The van der Waals surface area contributed by atoms with Crippen LogP contribution in [0.15, 0.2) is 22.8 Å². The number of hydrogen-bond donors (Lipinski definition) is 1. The predicted molar refractivity (Wildman–Crippen MR) is 88.5 cm³/mol. The molecule has 6 heteroatoms. The van der Waals surface area contributed by atoms with E-state index >= 15 is 0 Å². The molecule has 0 bridgehead atoms. The van der Waals surface area contributed by atoms with Crippen LogP contribution in [0.4, 0.5) is 5.82 Å². The minimum absolute atomic E-state index is 0.242. The van der Waals surface area contributed by atoms with Gasteiger partial charge in [0.25, 0.3) is 0 Å². The molecule has 0 unspecified atom stereocenters. The zero-order valence-corrected chi connectivity index (χ0v) is 14.3. The summed E-state index contributed by atoms with van der Waals surface area (Å²) in [6.07, 6.45) is 2.39. The van der Waals surface area contributed by atoms with Gasteiger partial charge in [-0.3, -0.25) is 4.79 Å². The van der Waals surface area contributed by atoms with E-state index in [1.165, 1.54) is 0 Å². The molecule has 1 aromatic rings. The van der Waals surface area contributed by atoms with Gasteiger partial charge in [0.2, 0.25) is 5.91 Å². The van der Waals surface area contributed by atoms with Gasteiger partial charge in [-0.15, -0.1) is 0 Å². The second-order valence-corrected chi connectivity index (χ2v) is 6.48. The molecule has 1 saturated heterocycles. The van der Waals surface area contributed by atoms with E-state index in [1.54, 1.807) is 0 Å². The van der Waals surface area contributed by atoms with Crippen LogP contribution in [0, 0.1) is 0 Å². The fourth-order valence-electron chi connectivity index (χ4n) is 2.37. The fourth-order valence-corrected chi connectivity index (χ4v) is 2.60. The molecule has 1 aromatic heterocycles. The molecule has 1 amide bonds. The van der Waals surface area contributed by atoms with E-state index < -0.39 is 0 Å². The maximum Gasteiger partial charge on any atom is 0.223 e. The largest absolute Gasteiger partial charge is 0.353 e. The molecule has 1 N–H and O–H groups in total. The van der Waals surface area contributed by atoms with Crippen LogP contribution in [0.2, 0.25) is 0 Å². The maximum atomic E-state index is 12.1. The molecule has 5 nitrogen and oxygen atoms in total. The van der Waals surface area contributed by atoms with Crippen molar-refractivity contribution in [2.75, 3.05) is 37.6 Å². The van der Waals surface area contributed by atoms with Crippen LogP contribution >= 0.6 is 15.9 Å². The lowest BCUT2D eigenvalue weighted by Gasteiger charge is -2.35. The molecule has 2 heterocycles. The van der Waals surface area contributed by atoms with Crippen molar-refractivity contribution in [2.45, 2.75) is 26.3 Å². The summed E-state index contributed by atoms with van der Waals surface area (Å²) >= 11 is 3.39. The monoisotopic (exact) mass is 354 g/mol. The Hall–Kier alpha value is -1.14. The van der Waals surface area contributed by atoms with Gasteiger partial charge >= 0.3 is 0 Å². The molecule has 1 aliphatic heterocycles. The molecule has 2 rings (SSSR count). The maximum absolute atomic E-state index is 12.1. The summed E-state index contributed by atoms with van der Waals surface area (Å²) in [7, 11) is 0. The normalized spacial score (nSPS) is 15.6. The third-order valence-corrected chi connectivity index (χ3v) is 4.03. The number of carbonyl (C=O) groups excluding carboxylic acids is 1. The van der Waals surface area contributed by atoms with Crippen molar-refractivity contribution in [3.05, 3.63) is 22.8 Å². The molecular weight excluding hydrogens is 332 g/mol. The molecule has 0 saturated carbocycles. The van der Waals surface area contributed by atoms with E-state index in [2.05, 4.69) is 45.0 Å². The van der Waals surface area contributed by atoms with Crippen LogP contribution in [-0.2, 0) is 4.79 Å². The van der Waals surface area contributed by atoms with Gasteiger partial charge in [0.05, 0.1) is 0 Å². The number of rotatable bonds is 5. The van der Waals surface area contributed by atoms with Crippen LogP contribution in [0.25, 0.3) is 0 Å². The molecular formula is C15H23BrN4O. The number of nitrogens with zero attached hydrogens (tertiary/aromatic N) is 3. The standard InChI is InChI=1S/C15H23BrN4O/c1-12(2)17-6-5-15(21)20-9-7-19(8-10-20)14-4-3-13(16)11-18-14/h3-4,11-12,17H,5-10H2,1-2H3. The third-order valence-electron chi connectivity index (χ3n) is 3.56. The molecule has 0 spiro atoms. The van der Waals surface area contributed by atoms with Gasteiger partial charge in [0.15, 0.2) is 0 Å². The van der Waals surface area contributed by atoms with Gasteiger partial charge in [-0.25, -0.2) is 4.98 Å². The zero-order chi connectivity index (χ0) is 15.2. The first kappa shape index (κ1) is 16.2. The minimum Gasteiger partial charge on any atom is -0.353 e. The van der Waals surface area contributed by atoms with E-state index in [0.717, 1.165) is 43.0 Å². The molecule has 116 valence electrons. The SMILES string of the molecule is CC(C)NCCC(=O)N1CCN(c2ccc(Br)cn2)CC1. The lowest BCUT2D eigenvalue weighted by Crippen LogP contribution is -2.49. The highest BCUT2D eigenvalue weighted by Gasteiger charge is 2.21. The number of anilines is 1. The summed E-state index contributed by atoms with van der Waals surface area (Å²) in [5, 5.41) is 3.28. The molecule has 1 fully saturated rings. The number of carbonyl (C=O) groups is 1. The van der Waals surface area contributed by atoms with E-state index in [9.17, 15) is 4.79 Å². The van der Waals surface area contributed by atoms with Crippen LogP contribution in [-0.4, -0.2) is 54.6 Å². The van der Waals surface area contributed by atoms with Gasteiger partial charge < -0.3 is 15.1 Å². The zero-order valence-electron chi connectivity index (χ0n) is 12.7. The van der Waals surface area contributed by atoms with Crippen molar-refractivity contribution >= 4 is 27.7 Å². The quantitative estimate of drug-likeness (QED) is 0.876. The molecule has 1 aliphatic rings. The summed E-state index contributed by atoms with van der Waals surface area (Å²) in [4.78, 5) is 20.7. The second-order valence-electron chi connectivity index (χ2n) is 5.56. The van der Waals surface area contributed by atoms with Gasteiger partial charge in [-0.05, 0) is 28.1 Å². The lowest BCUT2D eigenvalue weighted by molar-refractivity contribution is -0.131. The van der Waals surface area contributed by atoms with Crippen molar-refractivity contribution in [1.82, 2.24) is 15.2 Å². The van der Waals surface area contributed by atoms with E-state index in [-0.39, 0.29) is 5.91 Å². The second kappa shape index (κ2) is 7.75. The van der Waals surface area contributed by atoms with Crippen LogP contribution < -0.4 is 10.2 Å². The predicted octanol–water partition coefficient (Wildman–Crippen LogP) is 1.88. The molecule has 0 atom stereocenters. The first-order valence-electron chi connectivity index (χ1n) is 7.44. The first-order chi connectivity index (χ1) is 10.1. The molecule has 0 radical (unpaired) electrons. The Morgan fingerprint density at radius 2 is 2.05 bits per heavy atom. The number of pyridine rings is 1. The number of hydrogen-bond acceptors (Lipinski definition) is 4. The Kier molecular flexibility index (Phi) is 5.99. The van der Waals surface area contributed by atoms with Crippen molar-refractivity contribution in [2.24, 2.45) is 0 Å². The topological polar surface area (TPSA) is 48.5 Å². The highest BCUT2D eigenvalue weighted by molar-refractivity contribution is 9.10. The van der Waals surface area contributed by atoms with Crippen LogP contribution in [0.5, 0.6) is 0 Å². The van der Waals surface area contributed by atoms with E-state index in [1.807, 2.05) is 23.2 Å². The first-order valence-corrected chi connectivity index (χ1v) is 8.23. The molecule has 0 aromatic carbocycles. The smallest absolute Gasteiger partial charge is 0.223 e. The third kappa shape index (κ3) is 4.97. The Balaban J connectivity index is 1.77. The number of nitrogens with one attached hydrogen (secondary N) is 1. The van der Waals surface area contributed by atoms with E-state index in [4.69, 9.17) is 0 Å². The summed E-state index contributed by atoms with van der Waals surface area (Å²) in [6, 6.07) is 4.43. The number of aromatic nitrogens is 1. The number of piperazine rings is 1. The average molecular weight is 355 g/mol. The molecule has 0 aliphatic carbocycles. The average Bonchev–Trinajstić information content (AvgIpc) is 2.48. The Labute approximate surface area is 134 Å². The fraction of sp³-hybridized carbons (Fsp3) is 0.600. The Morgan fingerprint density at radius 3 is 2.62 bits per heavy atom. The van der Waals surface area contributed by atoms with Gasteiger partial charge in [0.1, 0.15) is 5.82 Å². The lowest BCUT2D eigenvalue weighted by atomic mass is 10.2. The van der Waals surface area contributed by atoms with Gasteiger partial charge in [-0.2, -0.15) is 0 Å². The van der Waals surface area contributed by atoms with Crippen molar-refractivity contribution in [1.29, 1.82) is 0 Å². The summed E-state index contributed by atoms with van der Waals surface area (Å²) < 4.78 is 0.984. The highest BCUT2D eigenvalue weighted by Crippen LogP contribution is 2.16. The van der Waals surface area contributed by atoms with Gasteiger partial charge in [0, 0.05) is 55.9 Å². The number of halogens is 1. The summed E-state index contributed by atoms with van der Waals surface area (Å²) in [5.74, 6) is 1.22. The Bertz CT molecular complexity index is 455. The van der Waals surface area contributed by atoms with Crippen LogP contribution in [0.1, 0.15) is 20.3 Å². The number of amides is 1. The van der Waals surface area contributed by atoms with Crippen molar-refractivity contribution in [3.8, 4) is 0 Å². The van der Waals surface area contributed by atoms with Crippen LogP contribution in [0.3, 0.4) is 0 Å². The van der Waals surface area contributed by atoms with Gasteiger partial charge in [-0.1, -0.05) is 13.8 Å². The van der Waals surface area contributed by atoms with Crippen molar-refractivity contribution in [3.63, 3.8) is 0 Å². The van der Waals surface area contributed by atoms with E-state index in [0.29, 0.717) is 12.5 Å². The summed E-state index contributed by atoms with van der Waals surface area (Å²) in [6.45, 7) is 8.18. The Morgan fingerprint density at radius 1 is 1.33 bits per heavy atom. The highest BCUT2D eigenvalue weighted by atomic mass is 79.9. The summed E-state index contributed by atoms with van der Waals surface area (Å²) in [5.41, 5.74) is 0. The minimum atomic E-state index is 0.242.